The maximum Gasteiger partial charge on any atom is 0.172 e. The first kappa shape index (κ1) is 12.1. The van der Waals surface area contributed by atoms with Crippen molar-refractivity contribution >= 4 is 5.78 Å². The van der Waals surface area contributed by atoms with Crippen LogP contribution in [0.4, 0.5) is 0 Å². The van der Waals surface area contributed by atoms with Gasteiger partial charge in [-0.05, 0) is 37.5 Å². The van der Waals surface area contributed by atoms with E-state index >= 15 is 0 Å². The van der Waals surface area contributed by atoms with Crippen molar-refractivity contribution in [3.05, 3.63) is 28.3 Å². The fourth-order valence-corrected chi connectivity index (χ4v) is 2.29. The second kappa shape index (κ2) is 4.49. The average molecular weight is 233 g/mol. The molecular weight excluding hydrogens is 214 g/mol. The molecule has 1 aromatic rings. The summed E-state index contributed by atoms with van der Waals surface area (Å²) in [6.07, 6.45) is 0. The molecule has 1 N–H and O–H groups in total. The number of Topliss-reactive ketones (excluding diaryl/α,β-unsaturated/α-hetero) is 1. The first-order valence-electron chi connectivity index (χ1n) is 5.96. The molecule has 92 valence electrons. The normalized spacial score (nSPS) is 15.5. The van der Waals surface area contributed by atoms with Crippen molar-refractivity contribution in [3.8, 4) is 5.75 Å². The molecule has 0 aromatic heterocycles. The fraction of sp³-hybridized carbons (Fsp3) is 0.500. The minimum absolute atomic E-state index is 0.115. The number of carbonyl (C=O) groups excluding carboxylic acids is 1. The fourth-order valence-electron chi connectivity index (χ4n) is 2.29. The van der Waals surface area contributed by atoms with Gasteiger partial charge in [-0.1, -0.05) is 6.07 Å². The van der Waals surface area contributed by atoms with E-state index in [2.05, 4.69) is 11.4 Å². The van der Waals surface area contributed by atoms with Crippen LogP contribution in [0.5, 0.6) is 5.75 Å². The van der Waals surface area contributed by atoms with Crippen LogP contribution in [-0.2, 0) is 0 Å². The minimum Gasteiger partial charge on any atom is -0.496 e. The van der Waals surface area contributed by atoms with Crippen LogP contribution >= 0.6 is 0 Å². The Labute approximate surface area is 102 Å². The summed E-state index contributed by atoms with van der Waals surface area (Å²) in [7, 11) is 1.64. The van der Waals surface area contributed by atoms with Gasteiger partial charge >= 0.3 is 0 Å². The van der Waals surface area contributed by atoms with Crippen LogP contribution in [0.2, 0.25) is 0 Å². The number of hydrogen-bond acceptors (Lipinski definition) is 3. The predicted molar refractivity (Wildman–Crippen MR) is 67.9 cm³/mol. The summed E-state index contributed by atoms with van der Waals surface area (Å²) in [6, 6.07) is 2.07. The van der Waals surface area contributed by atoms with E-state index in [1.165, 1.54) is 5.56 Å². The second-order valence-corrected chi connectivity index (χ2v) is 4.76. The van der Waals surface area contributed by atoms with Crippen molar-refractivity contribution in [1.82, 2.24) is 5.32 Å². The van der Waals surface area contributed by atoms with E-state index in [4.69, 9.17) is 4.74 Å². The molecule has 0 amide bonds. The van der Waals surface area contributed by atoms with Crippen molar-refractivity contribution in [2.75, 3.05) is 20.2 Å². The molecule has 0 saturated carbocycles. The average Bonchev–Trinajstić information content (AvgIpc) is 2.20. The van der Waals surface area contributed by atoms with Crippen LogP contribution in [0.25, 0.3) is 0 Å². The highest BCUT2D eigenvalue weighted by atomic mass is 16.5. The molecule has 0 spiro atoms. The number of nitrogens with one attached hydrogen (secondary N) is 1. The Balaban J connectivity index is 2.51. The van der Waals surface area contributed by atoms with Gasteiger partial charge in [-0.2, -0.15) is 0 Å². The number of rotatable bonds is 3. The van der Waals surface area contributed by atoms with Crippen LogP contribution in [0.3, 0.4) is 0 Å². The molecule has 3 nitrogen and oxygen atoms in total. The van der Waals surface area contributed by atoms with Gasteiger partial charge in [0.15, 0.2) is 5.78 Å². The second-order valence-electron chi connectivity index (χ2n) is 4.76. The SMILES string of the molecule is COc1c(C)c(C)cc(C)c1C(=O)C1CNC1. The number of aryl methyl sites for hydroxylation is 2. The Hall–Kier alpha value is -1.35. The van der Waals surface area contributed by atoms with Gasteiger partial charge in [0.1, 0.15) is 5.75 Å². The third-order valence-corrected chi connectivity index (χ3v) is 3.59. The summed E-state index contributed by atoms with van der Waals surface area (Å²) >= 11 is 0. The van der Waals surface area contributed by atoms with Crippen LogP contribution in [-0.4, -0.2) is 26.0 Å². The molecule has 0 atom stereocenters. The Morgan fingerprint density at radius 2 is 1.94 bits per heavy atom. The molecule has 0 bridgehead atoms. The number of hydrogen-bond donors (Lipinski definition) is 1. The maximum atomic E-state index is 12.4. The maximum absolute atomic E-state index is 12.4. The summed E-state index contributed by atoms with van der Waals surface area (Å²) in [6.45, 7) is 7.60. The third kappa shape index (κ3) is 1.95. The van der Waals surface area contributed by atoms with Gasteiger partial charge in [0.25, 0.3) is 0 Å². The number of benzene rings is 1. The van der Waals surface area contributed by atoms with E-state index in [9.17, 15) is 4.79 Å². The van der Waals surface area contributed by atoms with Crippen molar-refractivity contribution in [2.24, 2.45) is 5.92 Å². The number of ether oxygens (including phenoxy) is 1. The zero-order chi connectivity index (χ0) is 12.6. The van der Waals surface area contributed by atoms with Gasteiger partial charge < -0.3 is 10.1 Å². The highest BCUT2D eigenvalue weighted by molar-refractivity contribution is 6.02. The molecule has 3 heteroatoms. The van der Waals surface area contributed by atoms with E-state index in [1.807, 2.05) is 20.8 Å². The number of carbonyl (C=O) groups is 1. The molecular formula is C14H19NO2. The summed E-state index contributed by atoms with van der Waals surface area (Å²) in [5.74, 6) is 1.07. The lowest BCUT2D eigenvalue weighted by molar-refractivity contribution is 0.0874. The van der Waals surface area contributed by atoms with Crippen LogP contribution in [0.15, 0.2) is 6.07 Å². The summed E-state index contributed by atoms with van der Waals surface area (Å²) in [5.41, 5.74) is 4.01. The van der Waals surface area contributed by atoms with Crippen LogP contribution in [0, 0.1) is 26.7 Å². The summed E-state index contributed by atoms with van der Waals surface area (Å²) in [5, 5.41) is 3.13. The molecule has 2 rings (SSSR count). The molecule has 0 radical (unpaired) electrons. The van der Waals surface area contributed by atoms with E-state index in [0.29, 0.717) is 0 Å². The molecule has 0 aliphatic carbocycles. The predicted octanol–water partition coefficient (Wildman–Crippen LogP) is 2.02. The van der Waals surface area contributed by atoms with Crippen LogP contribution < -0.4 is 10.1 Å². The van der Waals surface area contributed by atoms with Gasteiger partial charge in [0.2, 0.25) is 0 Å². The molecule has 1 saturated heterocycles. The Morgan fingerprint density at radius 1 is 1.29 bits per heavy atom. The van der Waals surface area contributed by atoms with E-state index in [1.54, 1.807) is 7.11 Å². The van der Waals surface area contributed by atoms with Gasteiger partial charge in [-0.25, -0.2) is 0 Å². The largest absolute Gasteiger partial charge is 0.496 e. The third-order valence-electron chi connectivity index (χ3n) is 3.59. The highest BCUT2D eigenvalue weighted by Crippen LogP contribution is 2.31. The van der Waals surface area contributed by atoms with Gasteiger partial charge in [-0.15, -0.1) is 0 Å². The summed E-state index contributed by atoms with van der Waals surface area (Å²) in [4.78, 5) is 12.4. The molecule has 1 aromatic carbocycles. The van der Waals surface area contributed by atoms with Gasteiger partial charge in [0.05, 0.1) is 12.7 Å². The van der Waals surface area contributed by atoms with Crippen molar-refractivity contribution in [1.29, 1.82) is 0 Å². The number of ketones is 1. The first-order valence-corrected chi connectivity index (χ1v) is 5.96. The van der Waals surface area contributed by atoms with Crippen LogP contribution in [0.1, 0.15) is 27.0 Å². The zero-order valence-electron chi connectivity index (χ0n) is 10.9. The monoisotopic (exact) mass is 233 g/mol. The highest BCUT2D eigenvalue weighted by Gasteiger charge is 2.30. The lowest BCUT2D eigenvalue weighted by atomic mass is 9.87. The van der Waals surface area contributed by atoms with E-state index in [0.717, 1.165) is 35.5 Å². The summed E-state index contributed by atoms with van der Waals surface area (Å²) < 4.78 is 5.44. The topological polar surface area (TPSA) is 38.3 Å². The molecule has 17 heavy (non-hydrogen) atoms. The Morgan fingerprint density at radius 3 is 2.41 bits per heavy atom. The standard InChI is InChI=1S/C14H19NO2/c1-8-5-9(2)12(14(17-4)10(8)3)13(16)11-6-15-7-11/h5,11,15H,6-7H2,1-4H3. The van der Waals surface area contributed by atoms with Gasteiger partial charge in [-0.3, -0.25) is 4.79 Å². The molecule has 1 aliphatic rings. The Bertz CT molecular complexity index is 462. The van der Waals surface area contributed by atoms with E-state index < -0.39 is 0 Å². The lowest BCUT2D eigenvalue weighted by Gasteiger charge is -2.27. The lowest BCUT2D eigenvalue weighted by Crippen LogP contribution is -2.46. The molecule has 1 heterocycles. The quantitative estimate of drug-likeness (QED) is 0.812. The van der Waals surface area contributed by atoms with Crippen molar-refractivity contribution in [3.63, 3.8) is 0 Å². The molecule has 1 aliphatic heterocycles. The molecule has 1 fully saturated rings. The van der Waals surface area contributed by atoms with Crippen molar-refractivity contribution in [2.45, 2.75) is 20.8 Å². The van der Waals surface area contributed by atoms with Crippen molar-refractivity contribution < 1.29 is 9.53 Å². The number of methoxy groups -OCH3 is 1. The minimum atomic E-state index is 0.115. The zero-order valence-corrected chi connectivity index (χ0v) is 10.9. The smallest absolute Gasteiger partial charge is 0.172 e. The first-order chi connectivity index (χ1) is 8.06. The van der Waals surface area contributed by atoms with Gasteiger partial charge in [0, 0.05) is 19.0 Å². The molecule has 0 unspecified atom stereocenters. The Kier molecular flexibility index (Phi) is 3.20. The van der Waals surface area contributed by atoms with E-state index in [-0.39, 0.29) is 11.7 Å².